The van der Waals surface area contributed by atoms with Crippen molar-refractivity contribution in [3.8, 4) is 11.1 Å². The number of nitrogens with one attached hydrogen (secondary N) is 1. The summed E-state index contributed by atoms with van der Waals surface area (Å²) >= 11 is 6.22. The highest BCUT2D eigenvalue weighted by Crippen LogP contribution is 2.48. The van der Waals surface area contributed by atoms with E-state index in [1.54, 1.807) is 13.0 Å². The number of aliphatic carboxylic acids is 1. The summed E-state index contributed by atoms with van der Waals surface area (Å²) in [6, 6.07) is 23.2. The van der Waals surface area contributed by atoms with E-state index in [0.717, 1.165) is 39.1 Å². The summed E-state index contributed by atoms with van der Waals surface area (Å²) in [4.78, 5) is 24.2. The average molecular weight is 500 g/mol. The quantitative estimate of drug-likeness (QED) is 0.358. The number of hydrogen-bond acceptors (Lipinski definition) is 3. The van der Waals surface area contributed by atoms with Gasteiger partial charge in [0, 0.05) is 28.3 Å². The van der Waals surface area contributed by atoms with Crippen molar-refractivity contribution in [2.24, 2.45) is 0 Å². The maximum Gasteiger partial charge on any atom is 0.411 e. The van der Waals surface area contributed by atoms with Crippen molar-refractivity contribution in [2.75, 3.05) is 0 Å². The molecular weight excluding hydrogens is 474 g/mol. The Morgan fingerprint density at radius 2 is 1.56 bits per heavy atom. The van der Waals surface area contributed by atoms with Crippen LogP contribution in [0.1, 0.15) is 49.0 Å². The van der Waals surface area contributed by atoms with Crippen molar-refractivity contribution in [2.45, 2.75) is 37.7 Å². The van der Waals surface area contributed by atoms with E-state index < -0.39 is 23.6 Å². The van der Waals surface area contributed by atoms with Crippen LogP contribution in [-0.4, -0.2) is 17.2 Å². The zero-order chi connectivity index (χ0) is 25.3. The molecular formula is C30H26ClNO4. The number of allylic oxidation sites excluding steroid dienone is 3. The van der Waals surface area contributed by atoms with Gasteiger partial charge in [0.2, 0.25) is 0 Å². The molecule has 0 aliphatic heterocycles. The fraction of sp³-hybridized carbons (Fsp3) is 0.200. The number of benzene rings is 3. The van der Waals surface area contributed by atoms with Crippen LogP contribution in [0.25, 0.3) is 16.7 Å². The SMILES string of the molecule is C[C@@H](OC(=O)NC1=C(c2ccc(-c3ccc(C4(C(=O)O)CC4)cc3)cc2)C=CC1)c1ccccc1Cl. The molecule has 1 fully saturated rings. The van der Waals surface area contributed by atoms with E-state index in [-0.39, 0.29) is 0 Å². The minimum absolute atomic E-state index is 0.479. The standard InChI is InChI=1S/C30H26ClNO4/c1-19(24-5-2-3-7-26(24)31)36-29(35)32-27-8-4-6-25(27)22-11-9-20(10-12-22)21-13-15-23(16-14-21)30(17-18-30)28(33)34/h2-7,9-16,19H,8,17-18H2,1H3,(H,32,35)(H,33,34)/t19-/m1/s1. The summed E-state index contributed by atoms with van der Waals surface area (Å²) in [5.41, 5.74) is 5.70. The van der Waals surface area contributed by atoms with Crippen LogP contribution < -0.4 is 5.32 Å². The molecule has 0 heterocycles. The molecule has 0 spiro atoms. The van der Waals surface area contributed by atoms with Crippen LogP contribution in [0.2, 0.25) is 5.02 Å². The first-order valence-corrected chi connectivity index (χ1v) is 12.3. The third-order valence-corrected chi connectivity index (χ3v) is 7.28. The van der Waals surface area contributed by atoms with Gasteiger partial charge in [-0.05, 0) is 48.1 Å². The second-order valence-corrected chi connectivity index (χ2v) is 9.64. The summed E-state index contributed by atoms with van der Waals surface area (Å²) in [6.07, 6.45) is 5.00. The minimum atomic E-state index is -0.746. The van der Waals surface area contributed by atoms with E-state index in [1.807, 2.05) is 78.9 Å². The van der Waals surface area contributed by atoms with Gasteiger partial charge in [0.1, 0.15) is 6.10 Å². The molecule has 5 nitrogen and oxygen atoms in total. The molecule has 1 saturated carbocycles. The average Bonchev–Trinajstić information content (AvgIpc) is 3.58. The number of ether oxygens (including phenoxy) is 1. The molecule has 1 amide bonds. The van der Waals surface area contributed by atoms with Crippen molar-refractivity contribution >= 4 is 29.2 Å². The van der Waals surface area contributed by atoms with Gasteiger partial charge in [-0.3, -0.25) is 10.1 Å². The second-order valence-electron chi connectivity index (χ2n) is 9.23. The first-order chi connectivity index (χ1) is 17.4. The van der Waals surface area contributed by atoms with E-state index in [0.29, 0.717) is 24.3 Å². The molecule has 0 unspecified atom stereocenters. The third-order valence-electron chi connectivity index (χ3n) is 6.94. The highest BCUT2D eigenvalue weighted by Gasteiger charge is 2.51. The predicted molar refractivity (Wildman–Crippen MR) is 141 cm³/mol. The fourth-order valence-corrected chi connectivity index (χ4v) is 4.94. The first-order valence-electron chi connectivity index (χ1n) is 11.9. The van der Waals surface area contributed by atoms with Crippen molar-refractivity contribution in [1.29, 1.82) is 0 Å². The molecule has 3 aromatic carbocycles. The number of carboxylic acids is 1. The fourth-order valence-electron chi connectivity index (χ4n) is 4.65. The number of alkyl carbamates (subject to hydrolysis) is 1. The van der Waals surface area contributed by atoms with E-state index in [4.69, 9.17) is 16.3 Å². The van der Waals surface area contributed by atoms with Gasteiger partial charge in [-0.25, -0.2) is 4.79 Å². The number of amides is 1. The summed E-state index contributed by atoms with van der Waals surface area (Å²) in [6.45, 7) is 1.79. The predicted octanol–water partition coefficient (Wildman–Crippen LogP) is 7.28. The lowest BCUT2D eigenvalue weighted by molar-refractivity contribution is -0.140. The lowest BCUT2D eigenvalue weighted by Gasteiger charge is -2.16. The Bertz CT molecular complexity index is 1370. The summed E-state index contributed by atoms with van der Waals surface area (Å²) < 4.78 is 5.56. The Hall–Kier alpha value is -3.83. The maximum atomic E-state index is 12.6. The second kappa shape index (κ2) is 9.67. The van der Waals surface area contributed by atoms with E-state index in [2.05, 4.69) is 5.32 Å². The van der Waals surface area contributed by atoms with Crippen LogP contribution in [0.3, 0.4) is 0 Å². The zero-order valence-corrected chi connectivity index (χ0v) is 20.6. The smallest absolute Gasteiger partial charge is 0.411 e. The molecule has 182 valence electrons. The van der Waals surface area contributed by atoms with E-state index in [1.165, 1.54) is 0 Å². The van der Waals surface area contributed by atoms with Crippen molar-refractivity contribution < 1.29 is 19.4 Å². The van der Waals surface area contributed by atoms with Crippen LogP contribution in [-0.2, 0) is 14.9 Å². The monoisotopic (exact) mass is 499 g/mol. The van der Waals surface area contributed by atoms with E-state index >= 15 is 0 Å². The molecule has 0 saturated heterocycles. The molecule has 36 heavy (non-hydrogen) atoms. The number of hydrogen-bond donors (Lipinski definition) is 2. The molecule has 2 N–H and O–H groups in total. The number of carbonyl (C=O) groups excluding carboxylic acids is 1. The molecule has 1 atom stereocenters. The third kappa shape index (κ3) is 4.67. The topological polar surface area (TPSA) is 75.6 Å². The van der Waals surface area contributed by atoms with Crippen molar-refractivity contribution in [3.63, 3.8) is 0 Å². The molecule has 3 aromatic rings. The molecule has 0 radical (unpaired) electrons. The maximum absolute atomic E-state index is 12.6. The van der Waals surface area contributed by atoms with Gasteiger partial charge in [-0.1, -0.05) is 90.5 Å². The summed E-state index contributed by atoms with van der Waals surface area (Å²) in [7, 11) is 0. The zero-order valence-electron chi connectivity index (χ0n) is 19.8. The molecule has 0 aromatic heterocycles. The summed E-state index contributed by atoms with van der Waals surface area (Å²) in [5, 5.41) is 13.0. The highest BCUT2D eigenvalue weighted by atomic mass is 35.5. The lowest BCUT2D eigenvalue weighted by atomic mass is 9.93. The molecule has 2 aliphatic rings. The number of carbonyl (C=O) groups is 2. The van der Waals surface area contributed by atoms with Crippen LogP contribution in [0.4, 0.5) is 4.79 Å². The Balaban J connectivity index is 1.28. The number of carboxylic acid groups (broad SMARTS) is 1. The Morgan fingerprint density at radius 1 is 0.944 bits per heavy atom. The van der Waals surface area contributed by atoms with Gasteiger partial charge < -0.3 is 9.84 Å². The van der Waals surface area contributed by atoms with Crippen LogP contribution in [0.5, 0.6) is 0 Å². The number of rotatable bonds is 7. The molecule has 6 heteroatoms. The Labute approximate surface area is 215 Å². The number of halogens is 1. The van der Waals surface area contributed by atoms with Crippen molar-refractivity contribution in [1.82, 2.24) is 5.32 Å². The summed E-state index contributed by atoms with van der Waals surface area (Å²) in [5.74, 6) is -0.746. The van der Waals surface area contributed by atoms with Gasteiger partial charge >= 0.3 is 12.1 Å². The Morgan fingerprint density at radius 3 is 2.17 bits per heavy atom. The normalized spacial score (nSPS) is 16.5. The minimum Gasteiger partial charge on any atom is -0.481 e. The lowest BCUT2D eigenvalue weighted by Crippen LogP contribution is -2.25. The molecule has 2 aliphatic carbocycles. The van der Waals surface area contributed by atoms with Gasteiger partial charge in [0.25, 0.3) is 0 Å². The Kier molecular flexibility index (Phi) is 6.42. The largest absolute Gasteiger partial charge is 0.481 e. The van der Waals surface area contributed by atoms with E-state index in [9.17, 15) is 14.7 Å². The van der Waals surface area contributed by atoms with Crippen LogP contribution in [0.15, 0.2) is 90.6 Å². The van der Waals surface area contributed by atoms with Crippen molar-refractivity contribution in [3.05, 3.63) is 112 Å². The van der Waals surface area contributed by atoms with Gasteiger partial charge in [0.15, 0.2) is 0 Å². The highest BCUT2D eigenvalue weighted by molar-refractivity contribution is 6.31. The van der Waals surface area contributed by atoms with Crippen LogP contribution >= 0.6 is 11.6 Å². The van der Waals surface area contributed by atoms with Gasteiger partial charge in [0.05, 0.1) is 5.41 Å². The molecule has 5 rings (SSSR count). The van der Waals surface area contributed by atoms with Gasteiger partial charge in [-0.15, -0.1) is 0 Å². The first kappa shape index (κ1) is 23.9. The van der Waals surface area contributed by atoms with Crippen LogP contribution in [0, 0.1) is 0 Å². The van der Waals surface area contributed by atoms with Gasteiger partial charge in [-0.2, -0.15) is 0 Å². The molecule has 0 bridgehead atoms.